The standard InChI is InChI=1S/C41H36N8/c1-3-15-38-42-39-30(2)28-47(49(39)44-38)29-31-24-26-32(27-25-31)36-22-13-14-23-37(36)40-43-45-46-48(40)41(33-16-7-4-8-17-33,34-18-9-5-10-19-34)35-20-11-6-12-21-35/h4-14,16-28H,3,15,29H2,1-2H3. The first kappa shape index (κ1) is 30.2. The lowest BCUT2D eigenvalue weighted by Crippen LogP contribution is -2.39. The zero-order chi connectivity index (χ0) is 33.2. The van der Waals surface area contributed by atoms with Gasteiger partial charge in [0.05, 0.1) is 6.54 Å². The van der Waals surface area contributed by atoms with Gasteiger partial charge < -0.3 is 0 Å². The van der Waals surface area contributed by atoms with Crippen LogP contribution in [0.2, 0.25) is 0 Å². The third-order valence-corrected chi connectivity index (χ3v) is 9.19. The van der Waals surface area contributed by atoms with Crippen molar-refractivity contribution in [3.8, 4) is 22.5 Å². The molecule has 8 nitrogen and oxygen atoms in total. The van der Waals surface area contributed by atoms with Crippen LogP contribution in [0.25, 0.3) is 28.2 Å². The van der Waals surface area contributed by atoms with Crippen LogP contribution in [0.4, 0.5) is 0 Å². The molecule has 0 aliphatic rings. The van der Waals surface area contributed by atoms with Gasteiger partial charge in [0.25, 0.3) is 0 Å². The van der Waals surface area contributed by atoms with Crippen LogP contribution in [-0.4, -0.2) is 39.6 Å². The molecular weight excluding hydrogens is 605 g/mol. The summed E-state index contributed by atoms with van der Waals surface area (Å²) >= 11 is 0. The van der Waals surface area contributed by atoms with Gasteiger partial charge in [-0.3, -0.25) is 4.68 Å². The van der Waals surface area contributed by atoms with Crippen molar-refractivity contribution in [1.82, 2.24) is 39.6 Å². The number of aryl methyl sites for hydroxylation is 2. The summed E-state index contributed by atoms with van der Waals surface area (Å²) in [6.45, 7) is 4.93. The van der Waals surface area contributed by atoms with E-state index in [1.165, 1.54) is 5.56 Å². The van der Waals surface area contributed by atoms with Crippen molar-refractivity contribution in [2.45, 2.75) is 38.8 Å². The molecule has 3 heterocycles. The van der Waals surface area contributed by atoms with Gasteiger partial charge in [0.2, 0.25) is 0 Å². The van der Waals surface area contributed by atoms with E-state index in [0.717, 1.165) is 63.3 Å². The molecule has 0 amide bonds. The van der Waals surface area contributed by atoms with E-state index in [0.29, 0.717) is 12.4 Å². The smallest absolute Gasteiger partial charge is 0.184 e. The van der Waals surface area contributed by atoms with Crippen LogP contribution in [-0.2, 0) is 18.5 Å². The fraction of sp³-hybridized carbons (Fsp3) is 0.146. The van der Waals surface area contributed by atoms with E-state index in [-0.39, 0.29) is 0 Å². The van der Waals surface area contributed by atoms with Crippen molar-refractivity contribution in [2.75, 3.05) is 0 Å². The van der Waals surface area contributed by atoms with Gasteiger partial charge in [-0.05, 0) is 57.2 Å². The number of tetrazole rings is 1. The van der Waals surface area contributed by atoms with E-state index in [1.54, 1.807) is 0 Å². The SMILES string of the molecule is CCCc1nc2c(C)cn(Cc3ccc(-c4ccccc4-c4nnnn4C(c4ccccc4)(c4ccccc4)c4ccccc4)cc3)n2n1. The second-order valence-corrected chi connectivity index (χ2v) is 12.4. The molecule has 240 valence electrons. The number of rotatable bonds is 10. The molecule has 3 aromatic heterocycles. The van der Waals surface area contributed by atoms with E-state index in [1.807, 2.05) is 33.6 Å². The molecule has 0 fully saturated rings. The van der Waals surface area contributed by atoms with Gasteiger partial charge in [0.1, 0.15) is 5.54 Å². The van der Waals surface area contributed by atoms with Gasteiger partial charge in [-0.25, -0.2) is 9.67 Å². The van der Waals surface area contributed by atoms with Gasteiger partial charge in [0, 0.05) is 23.7 Å². The van der Waals surface area contributed by atoms with Gasteiger partial charge in [-0.2, -0.15) is 4.63 Å². The summed E-state index contributed by atoms with van der Waals surface area (Å²) < 4.78 is 6.05. The molecule has 0 radical (unpaired) electrons. The van der Waals surface area contributed by atoms with Gasteiger partial charge in [0.15, 0.2) is 17.3 Å². The summed E-state index contributed by atoms with van der Waals surface area (Å²) in [4.78, 5) is 4.75. The van der Waals surface area contributed by atoms with Crippen molar-refractivity contribution in [3.05, 3.63) is 179 Å². The topological polar surface area (TPSA) is 78.7 Å². The average Bonchev–Trinajstić information content (AvgIpc) is 3.88. The van der Waals surface area contributed by atoms with Crippen molar-refractivity contribution in [2.24, 2.45) is 0 Å². The van der Waals surface area contributed by atoms with E-state index in [9.17, 15) is 0 Å². The molecule has 0 atom stereocenters. The van der Waals surface area contributed by atoms with E-state index in [2.05, 4.69) is 145 Å². The van der Waals surface area contributed by atoms with Crippen molar-refractivity contribution >= 4 is 5.65 Å². The number of aromatic nitrogens is 8. The highest BCUT2D eigenvalue weighted by atomic mass is 15.6. The zero-order valence-electron chi connectivity index (χ0n) is 27.6. The fourth-order valence-corrected chi connectivity index (χ4v) is 6.94. The van der Waals surface area contributed by atoms with Crippen LogP contribution in [0, 0.1) is 6.92 Å². The van der Waals surface area contributed by atoms with Gasteiger partial charge in [-0.1, -0.05) is 146 Å². The Morgan fingerprint density at radius 2 is 1.22 bits per heavy atom. The Morgan fingerprint density at radius 1 is 0.653 bits per heavy atom. The first-order valence-corrected chi connectivity index (χ1v) is 16.7. The van der Waals surface area contributed by atoms with Crippen LogP contribution < -0.4 is 0 Å². The first-order chi connectivity index (χ1) is 24.2. The molecule has 8 aromatic rings. The Balaban J connectivity index is 1.22. The lowest BCUT2D eigenvalue weighted by atomic mass is 9.77. The second-order valence-electron chi connectivity index (χ2n) is 12.4. The molecule has 0 bridgehead atoms. The lowest BCUT2D eigenvalue weighted by Gasteiger charge is -2.36. The zero-order valence-corrected chi connectivity index (χ0v) is 27.6. The van der Waals surface area contributed by atoms with Gasteiger partial charge >= 0.3 is 0 Å². The minimum Gasteiger partial charge on any atom is -0.266 e. The molecule has 0 unspecified atom stereocenters. The summed E-state index contributed by atoms with van der Waals surface area (Å²) in [5, 5.41) is 18.6. The quantitative estimate of drug-likeness (QED) is 0.142. The second kappa shape index (κ2) is 12.8. The summed E-state index contributed by atoms with van der Waals surface area (Å²) in [5.74, 6) is 1.57. The van der Waals surface area contributed by atoms with Crippen LogP contribution in [0.15, 0.2) is 146 Å². The monoisotopic (exact) mass is 640 g/mol. The highest BCUT2D eigenvalue weighted by Gasteiger charge is 2.42. The van der Waals surface area contributed by atoms with E-state index in [4.69, 9.17) is 20.4 Å². The summed E-state index contributed by atoms with van der Waals surface area (Å²) in [6, 6.07) is 48.6. The molecule has 5 aromatic carbocycles. The number of nitrogens with zero attached hydrogens (tertiary/aromatic N) is 8. The summed E-state index contributed by atoms with van der Waals surface area (Å²) in [6.07, 6.45) is 4.02. The predicted octanol–water partition coefficient (Wildman–Crippen LogP) is 8.00. The van der Waals surface area contributed by atoms with Crippen molar-refractivity contribution in [1.29, 1.82) is 0 Å². The molecule has 8 rings (SSSR count). The van der Waals surface area contributed by atoms with Crippen LogP contribution in [0.3, 0.4) is 0 Å². The Labute approximate surface area is 285 Å². The van der Waals surface area contributed by atoms with Crippen molar-refractivity contribution in [3.63, 3.8) is 0 Å². The van der Waals surface area contributed by atoms with E-state index < -0.39 is 5.54 Å². The molecular formula is C41H36N8. The third kappa shape index (κ3) is 5.31. The number of hydrogen-bond acceptors (Lipinski definition) is 5. The summed E-state index contributed by atoms with van der Waals surface area (Å²) in [7, 11) is 0. The third-order valence-electron chi connectivity index (χ3n) is 9.19. The minimum atomic E-state index is -0.835. The number of fused-ring (bicyclic) bond motifs is 1. The van der Waals surface area contributed by atoms with E-state index >= 15 is 0 Å². The Hall–Kier alpha value is -6.15. The molecule has 0 spiro atoms. The lowest BCUT2D eigenvalue weighted by molar-refractivity contribution is 0.451. The molecule has 0 aliphatic heterocycles. The summed E-state index contributed by atoms with van der Waals surface area (Å²) in [5.41, 5.74) is 8.64. The Morgan fingerprint density at radius 3 is 1.82 bits per heavy atom. The first-order valence-electron chi connectivity index (χ1n) is 16.7. The highest BCUT2D eigenvalue weighted by molar-refractivity contribution is 5.81. The molecule has 0 saturated carbocycles. The van der Waals surface area contributed by atoms with Gasteiger partial charge in [-0.15, -0.1) is 10.2 Å². The molecule has 8 heteroatoms. The Bertz CT molecular complexity index is 2220. The van der Waals surface area contributed by atoms with Crippen molar-refractivity contribution < 1.29 is 0 Å². The maximum Gasteiger partial charge on any atom is 0.184 e. The van der Waals surface area contributed by atoms with Crippen LogP contribution in [0.5, 0.6) is 0 Å². The number of hydrogen-bond donors (Lipinski definition) is 0. The highest BCUT2D eigenvalue weighted by Crippen LogP contribution is 2.43. The Kier molecular flexibility index (Phi) is 7.89. The number of benzene rings is 5. The molecule has 0 saturated heterocycles. The van der Waals surface area contributed by atoms with Crippen LogP contribution >= 0.6 is 0 Å². The molecule has 0 aliphatic carbocycles. The maximum absolute atomic E-state index is 4.77. The normalized spacial score (nSPS) is 11.7. The molecule has 49 heavy (non-hydrogen) atoms. The fourth-order valence-electron chi connectivity index (χ4n) is 6.94. The van der Waals surface area contributed by atoms with Crippen LogP contribution in [0.1, 0.15) is 47.0 Å². The molecule has 0 N–H and O–H groups in total. The largest absolute Gasteiger partial charge is 0.266 e. The predicted molar refractivity (Wildman–Crippen MR) is 192 cm³/mol. The maximum atomic E-state index is 4.77. The minimum absolute atomic E-state index is 0.676. The average molecular weight is 641 g/mol.